The number of hydrazone groups is 1. The first-order valence-corrected chi connectivity index (χ1v) is 8.32. The van der Waals surface area contributed by atoms with Crippen molar-refractivity contribution < 1.29 is 4.84 Å². The van der Waals surface area contributed by atoms with Crippen LogP contribution >= 0.6 is 11.8 Å². The Morgan fingerprint density at radius 1 is 1.43 bits per heavy atom. The normalized spacial score (nSPS) is 14.2. The summed E-state index contributed by atoms with van der Waals surface area (Å²) in [5, 5.41) is 16.2. The van der Waals surface area contributed by atoms with Gasteiger partial charge in [0.05, 0.1) is 6.61 Å². The second kappa shape index (κ2) is 8.36. The Bertz CT molecular complexity index is 671. The molecule has 120 valence electrons. The van der Waals surface area contributed by atoms with Crippen LogP contribution in [0.25, 0.3) is 0 Å². The molecular formula is C16H19N5OS. The van der Waals surface area contributed by atoms with Crippen molar-refractivity contribution in [3.63, 3.8) is 0 Å². The van der Waals surface area contributed by atoms with Gasteiger partial charge in [-0.2, -0.15) is 10.4 Å². The molecule has 6 nitrogen and oxygen atoms in total. The molecule has 1 aliphatic rings. The molecule has 2 rings (SSSR count). The zero-order chi connectivity index (χ0) is 16.7. The van der Waals surface area contributed by atoms with Gasteiger partial charge in [-0.1, -0.05) is 30.3 Å². The van der Waals surface area contributed by atoms with Crippen LogP contribution in [0.2, 0.25) is 0 Å². The highest BCUT2D eigenvalue weighted by Crippen LogP contribution is 2.21. The summed E-state index contributed by atoms with van der Waals surface area (Å²) < 4.78 is 0. The number of nitriles is 1. The Labute approximate surface area is 140 Å². The van der Waals surface area contributed by atoms with E-state index in [1.807, 2.05) is 50.4 Å². The van der Waals surface area contributed by atoms with Crippen molar-refractivity contribution in [1.82, 2.24) is 10.5 Å². The summed E-state index contributed by atoms with van der Waals surface area (Å²) in [4.78, 5) is 9.94. The molecule has 7 heteroatoms. The van der Waals surface area contributed by atoms with Crippen LogP contribution in [0.3, 0.4) is 0 Å². The maximum absolute atomic E-state index is 9.46. The third kappa shape index (κ3) is 4.58. The highest BCUT2D eigenvalue weighted by molar-refractivity contribution is 8.13. The summed E-state index contributed by atoms with van der Waals surface area (Å²) in [5.74, 6) is 0.518. The molecule has 1 N–H and O–H groups in total. The maximum Gasteiger partial charge on any atom is 0.169 e. The molecule has 1 aromatic rings. The van der Waals surface area contributed by atoms with Gasteiger partial charge in [-0.15, -0.1) is 11.8 Å². The summed E-state index contributed by atoms with van der Waals surface area (Å²) >= 11 is 1.43. The molecule has 0 unspecified atom stereocenters. The fraction of sp³-hybridized carbons (Fsp3) is 0.312. The van der Waals surface area contributed by atoms with Crippen LogP contribution in [-0.4, -0.2) is 28.7 Å². The summed E-state index contributed by atoms with van der Waals surface area (Å²) in [6, 6.07) is 12.0. The fourth-order valence-electron chi connectivity index (χ4n) is 1.97. The molecule has 1 aliphatic heterocycles. The monoisotopic (exact) mass is 329 g/mol. The molecule has 0 bridgehead atoms. The van der Waals surface area contributed by atoms with Gasteiger partial charge in [0.2, 0.25) is 0 Å². The average molecular weight is 329 g/mol. The Hall–Kier alpha value is -2.30. The minimum Gasteiger partial charge on any atom is -0.270 e. The summed E-state index contributed by atoms with van der Waals surface area (Å²) in [6.07, 6.45) is 1.89. The lowest BCUT2D eigenvalue weighted by Gasteiger charge is -2.26. The smallest absolute Gasteiger partial charge is 0.169 e. The van der Waals surface area contributed by atoms with Crippen LogP contribution in [0, 0.1) is 11.3 Å². The highest BCUT2D eigenvalue weighted by Gasteiger charge is 2.23. The van der Waals surface area contributed by atoms with Crippen molar-refractivity contribution in [3.05, 3.63) is 47.3 Å². The van der Waals surface area contributed by atoms with Gasteiger partial charge in [0, 0.05) is 5.71 Å². The minimum absolute atomic E-state index is 0.351. The Kier molecular flexibility index (Phi) is 6.20. The van der Waals surface area contributed by atoms with E-state index in [0.29, 0.717) is 29.7 Å². The van der Waals surface area contributed by atoms with Crippen molar-refractivity contribution in [1.29, 1.82) is 5.26 Å². The number of rotatable bonds is 5. The van der Waals surface area contributed by atoms with Gasteiger partial charge in [-0.25, -0.2) is 10.5 Å². The Morgan fingerprint density at radius 3 is 2.78 bits per heavy atom. The SMILES string of the molecule is CSC1=NCN(N=C(C)C)C(NOCc2ccccc2)=C1C#N. The van der Waals surface area contributed by atoms with Gasteiger partial charge in [0.1, 0.15) is 23.4 Å². The summed E-state index contributed by atoms with van der Waals surface area (Å²) in [6.45, 7) is 4.52. The van der Waals surface area contributed by atoms with Crippen LogP contribution in [-0.2, 0) is 11.4 Å². The number of benzene rings is 1. The number of hydrogen-bond donors (Lipinski definition) is 1. The molecule has 0 atom stereocenters. The molecule has 1 aromatic carbocycles. The zero-order valence-corrected chi connectivity index (χ0v) is 14.2. The van der Waals surface area contributed by atoms with Gasteiger partial charge >= 0.3 is 0 Å². The van der Waals surface area contributed by atoms with Crippen LogP contribution in [0.1, 0.15) is 19.4 Å². The average Bonchev–Trinajstić information content (AvgIpc) is 2.56. The van der Waals surface area contributed by atoms with Crippen LogP contribution < -0.4 is 5.48 Å². The van der Waals surface area contributed by atoms with Gasteiger partial charge in [0.15, 0.2) is 5.82 Å². The quantitative estimate of drug-likeness (QED) is 0.664. The molecule has 0 aromatic heterocycles. The van der Waals surface area contributed by atoms with E-state index < -0.39 is 0 Å². The first kappa shape index (κ1) is 17.1. The molecule has 0 saturated heterocycles. The summed E-state index contributed by atoms with van der Waals surface area (Å²) in [7, 11) is 0. The van der Waals surface area contributed by atoms with E-state index >= 15 is 0 Å². The molecular weight excluding hydrogens is 310 g/mol. The second-order valence-electron chi connectivity index (χ2n) is 4.97. The van der Waals surface area contributed by atoms with E-state index in [-0.39, 0.29) is 0 Å². The lowest BCUT2D eigenvalue weighted by atomic mass is 10.2. The van der Waals surface area contributed by atoms with E-state index in [4.69, 9.17) is 4.84 Å². The van der Waals surface area contributed by atoms with Gasteiger partial charge in [0.25, 0.3) is 0 Å². The largest absolute Gasteiger partial charge is 0.270 e. The molecule has 0 fully saturated rings. The number of nitrogens with zero attached hydrogens (tertiary/aromatic N) is 4. The maximum atomic E-state index is 9.46. The minimum atomic E-state index is 0.351. The lowest BCUT2D eigenvalue weighted by molar-refractivity contribution is 0.0281. The second-order valence-corrected chi connectivity index (χ2v) is 5.76. The molecule has 1 heterocycles. The van der Waals surface area contributed by atoms with E-state index in [1.165, 1.54) is 11.8 Å². The van der Waals surface area contributed by atoms with E-state index in [9.17, 15) is 5.26 Å². The number of thioether (sulfide) groups is 1. The predicted molar refractivity (Wildman–Crippen MR) is 93.4 cm³/mol. The first-order valence-electron chi connectivity index (χ1n) is 7.10. The molecule has 0 radical (unpaired) electrons. The third-order valence-electron chi connectivity index (χ3n) is 2.93. The molecule has 23 heavy (non-hydrogen) atoms. The van der Waals surface area contributed by atoms with Crippen molar-refractivity contribution >= 4 is 22.5 Å². The van der Waals surface area contributed by atoms with Crippen LogP contribution in [0.4, 0.5) is 0 Å². The number of hydroxylamine groups is 1. The Morgan fingerprint density at radius 2 is 2.17 bits per heavy atom. The zero-order valence-electron chi connectivity index (χ0n) is 13.4. The van der Waals surface area contributed by atoms with Crippen LogP contribution in [0.15, 0.2) is 51.8 Å². The van der Waals surface area contributed by atoms with Crippen molar-refractivity contribution in [2.45, 2.75) is 20.5 Å². The Balaban J connectivity index is 2.17. The molecule has 0 spiro atoms. The van der Waals surface area contributed by atoms with Crippen molar-refractivity contribution in [2.24, 2.45) is 10.1 Å². The topological polar surface area (TPSA) is 73.0 Å². The van der Waals surface area contributed by atoms with E-state index in [2.05, 4.69) is 21.6 Å². The van der Waals surface area contributed by atoms with Crippen molar-refractivity contribution in [3.8, 4) is 6.07 Å². The number of nitrogens with one attached hydrogen (secondary N) is 1. The van der Waals surface area contributed by atoms with E-state index in [1.54, 1.807) is 5.01 Å². The highest BCUT2D eigenvalue weighted by atomic mass is 32.2. The lowest BCUT2D eigenvalue weighted by Crippen LogP contribution is -2.34. The van der Waals surface area contributed by atoms with Gasteiger partial charge in [-0.3, -0.25) is 9.83 Å². The predicted octanol–water partition coefficient (Wildman–Crippen LogP) is 2.87. The van der Waals surface area contributed by atoms with Gasteiger partial charge < -0.3 is 0 Å². The summed E-state index contributed by atoms with van der Waals surface area (Å²) in [5.41, 5.74) is 5.21. The first-order chi connectivity index (χ1) is 11.2. The number of aliphatic imine (C=N–C) groups is 1. The fourth-order valence-corrected chi connectivity index (χ4v) is 2.50. The van der Waals surface area contributed by atoms with Crippen LogP contribution in [0.5, 0.6) is 0 Å². The molecule has 0 amide bonds. The molecule has 0 aliphatic carbocycles. The van der Waals surface area contributed by atoms with Gasteiger partial charge in [-0.05, 0) is 25.7 Å². The third-order valence-corrected chi connectivity index (χ3v) is 3.65. The molecule has 0 saturated carbocycles. The standard InChI is InChI=1S/C16H19N5OS/c1-12(2)19-21-11-18-16(23-3)14(9-17)15(21)20-22-10-13-7-5-4-6-8-13/h4-8,20H,10-11H2,1-3H3. The van der Waals surface area contributed by atoms with E-state index in [0.717, 1.165) is 11.3 Å². The number of hydrogen-bond acceptors (Lipinski definition) is 7. The van der Waals surface area contributed by atoms with Crippen molar-refractivity contribution in [2.75, 3.05) is 12.9 Å².